The largest absolute Gasteiger partial charge is 0.573 e. The number of ether oxygens (including phenoxy) is 2. The van der Waals surface area contributed by atoms with Crippen LogP contribution in [0.25, 0.3) is 0 Å². The summed E-state index contributed by atoms with van der Waals surface area (Å²) >= 11 is 7.08. The molecule has 0 saturated carbocycles. The van der Waals surface area contributed by atoms with Gasteiger partial charge in [-0.3, -0.25) is 0 Å². The fraction of sp³-hybridized carbons (Fsp3) is 0.308. The molecule has 0 amide bonds. The molecule has 1 aromatic carbocycles. The molecular weight excluding hydrogens is 327 g/mol. The minimum atomic E-state index is -4.75. The normalized spacial score (nSPS) is 11.4. The van der Waals surface area contributed by atoms with E-state index >= 15 is 0 Å². The summed E-state index contributed by atoms with van der Waals surface area (Å²) in [4.78, 5) is 4.24. The molecule has 3 nitrogen and oxygen atoms in total. The van der Waals surface area contributed by atoms with Crippen LogP contribution in [0.2, 0.25) is 0 Å². The van der Waals surface area contributed by atoms with E-state index in [9.17, 15) is 13.2 Å². The zero-order chi connectivity index (χ0) is 15.3. The van der Waals surface area contributed by atoms with Crippen molar-refractivity contribution in [2.75, 3.05) is 6.61 Å². The highest BCUT2D eigenvalue weighted by molar-refractivity contribution is 7.09. The molecule has 0 radical (unpaired) electrons. The first kappa shape index (κ1) is 15.9. The summed E-state index contributed by atoms with van der Waals surface area (Å²) in [5, 5.41) is 2.66. The Bertz CT molecular complexity index is 589. The Morgan fingerprint density at radius 1 is 1.19 bits per heavy atom. The van der Waals surface area contributed by atoms with Crippen molar-refractivity contribution in [2.24, 2.45) is 0 Å². The van der Waals surface area contributed by atoms with E-state index in [2.05, 4.69) is 9.72 Å². The van der Waals surface area contributed by atoms with Crippen molar-refractivity contribution in [2.45, 2.75) is 18.7 Å². The van der Waals surface area contributed by atoms with Gasteiger partial charge in [0.25, 0.3) is 0 Å². The smallest absolute Gasteiger partial charge is 0.489 e. The number of benzene rings is 1. The van der Waals surface area contributed by atoms with Crippen molar-refractivity contribution in [3.05, 3.63) is 40.3 Å². The van der Waals surface area contributed by atoms with Gasteiger partial charge in [-0.1, -0.05) is 12.1 Å². The fourth-order valence-electron chi connectivity index (χ4n) is 1.55. The maximum absolute atomic E-state index is 12.3. The minimum Gasteiger partial charge on any atom is -0.489 e. The summed E-state index contributed by atoms with van der Waals surface area (Å²) in [7, 11) is 0. The van der Waals surface area contributed by atoms with E-state index in [0.717, 1.165) is 10.7 Å². The monoisotopic (exact) mass is 337 g/mol. The van der Waals surface area contributed by atoms with Crippen molar-refractivity contribution < 1.29 is 22.6 Å². The van der Waals surface area contributed by atoms with Gasteiger partial charge in [-0.05, 0) is 12.1 Å². The van der Waals surface area contributed by atoms with E-state index in [1.165, 1.54) is 29.5 Å². The molecule has 8 heteroatoms. The van der Waals surface area contributed by atoms with Crippen LogP contribution in [0.5, 0.6) is 11.5 Å². The van der Waals surface area contributed by atoms with Crippen LogP contribution in [-0.2, 0) is 12.3 Å². The van der Waals surface area contributed by atoms with Crippen LogP contribution >= 0.6 is 22.9 Å². The molecule has 2 aromatic rings. The topological polar surface area (TPSA) is 31.4 Å². The number of hydrogen-bond donors (Lipinski definition) is 0. The van der Waals surface area contributed by atoms with E-state index in [1.54, 1.807) is 6.07 Å². The molecule has 0 bridgehead atoms. The summed E-state index contributed by atoms with van der Waals surface area (Å²) in [5.74, 6) is 0.0223. The molecule has 1 heterocycles. The highest BCUT2D eigenvalue weighted by atomic mass is 35.5. The predicted octanol–water partition coefficient (Wildman–Crippen LogP) is 4.40. The molecule has 0 fully saturated rings. The van der Waals surface area contributed by atoms with Crippen molar-refractivity contribution in [3.63, 3.8) is 0 Å². The van der Waals surface area contributed by atoms with E-state index in [-0.39, 0.29) is 18.1 Å². The van der Waals surface area contributed by atoms with Crippen molar-refractivity contribution >= 4 is 22.9 Å². The first-order valence-electron chi connectivity index (χ1n) is 5.95. The second-order valence-corrected chi connectivity index (χ2v) is 5.17. The van der Waals surface area contributed by atoms with E-state index < -0.39 is 6.36 Å². The van der Waals surface area contributed by atoms with Crippen molar-refractivity contribution in [3.8, 4) is 11.5 Å². The lowest BCUT2D eigenvalue weighted by Crippen LogP contribution is -2.18. The van der Waals surface area contributed by atoms with Crippen LogP contribution < -0.4 is 9.47 Å². The number of halogens is 4. The standard InChI is InChI=1S/C13H11ClF3NO2S/c14-7-9-8-21-12(18-9)5-6-19-10-3-1-2-4-11(10)20-13(15,16)17/h1-4,8H,5-7H2. The van der Waals surface area contributed by atoms with Crippen LogP contribution in [0.15, 0.2) is 29.6 Å². The molecule has 2 rings (SSSR count). The van der Waals surface area contributed by atoms with Gasteiger partial charge in [0.15, 0.2) is 11.5 Å². The van der Waals surface area contributed by atoms with Crippen LogP contribution in [-0.4, -0.2) is 18.0 Å². The molecule has 1 aromatic heterocycles. The van der Waals surface area contributed by atoms with Gasteiger partial charge in [-0.15, -0.1) is 36.1 Å². The quantitative estimate of drug-likeness (QED) is 0.732. The van der Waals surface area contributed by atoms with Crippen LogP contribution in [0.4, 0.5) is 13.2 Å². The Hall–Kier alpha value is -1.47. The third-order valence-electron chi connectivity index (χ3n) is 2.38. The number of thiazole rings is 1. The third-order valence-corrected chi connectivity index (χ3v) is 3.62. The fourth-order valence-corrected chi connectivity index (χ4v) is 2.56. The van der Waals surface area contributed by atoms with Gasteiger partial charge in [0.2, 0.25) is 0 Å². The maximum atomic E-state index is 12.3. The number of nitrogens with zero attached hydrogens (tertiary/aromatic N) is 1. The molecule has 0 aliphatic heterocycles. The van der Waals surface area contributed by atoms with E-state index in [0.29, 0.717) is 12.3 Å². The molecule has 114 valence electrons. The number of aromatic nitrogens is 1. The Balaban J connectivity index is 1.93. The number of alkyl halides is 4. The summed E-state index contributed by atoms with van der Waals surface area (Å²) < 4.78 is 46.0. The lowest BCUT2D eigenvalue weighted by atomic mass is 10.3. The average molecular weight is 338 g/mol. The van der Waals surface area contributed by atoms with Gasteiger partial charge in [0.05, 0.1) is 23.2 Å². The number of para-hydroxylation sites is 2. The maximum Gasteiger partial charge on any atom is 0.573 e. The molecule has 0 saturated heterocycles. The summed E-state index contributed by atoms with van der Waals surface area (Å²) in [5.41, 5.74) is 0.775. The molecule has 0 spiro atoms. The van der Waals surface area contributed by atoms with Crippen molar-refractivity contribution in [1.29, 1.82) is 0 Å². The third kappa shape index (κ3) is 5.09. The minimum absolute atomic E-state index is 0.0453. The summed E-state index contributed by atoms with van der Waals surface area (Å²) in [6.07, 6.45) is -4.26. The van der Waals surface area contributed by atoms with E-state index in [1.807, 2.05) is 5.38 Å². The van der Waals surface area contributed by atoms with E-state index in [4.69, 9.17) is 16.3 Å². The number of rotatable bonds is 6. The Kier molecular flexibility index (Phi) is 5.30. The van der Waals surface area contributed by atoms with Gasteiger partial charge in [-0.2, -0.15) is 0 Å². The van der Waals surface area contributed by atoms with Gasteiger partial charge in [0.1, 0.15) is 0 Å². The molecule has 0 atom stereocenters. The summed E-state index contributed by atoms with van der Waals surface area (Å²) in [6.45, 7) is 0.202. The van der Waals surface area contributed by atoms with Crippen LogP contribution in [0.3, 0.4) is 0 Å². The SMILES string of the molecule is FC(F)(F)Oc1ccccc1OCCc1nc(CCl)cs1. The Morgan fingerprint density at radius 2 is 1.90 bits per heavy atom. The zero-order valence-electron chi connectivity index (χ0n) is 10.7. The first-order chi connectivity index (χ1) is 9.98. The molecule has 0 aliphatic carbocycles. The molecule has 21 heavy (non-hydrogen) atoms. The second kappa shape index (κ2) is 7.00. The van der Waals surface area contributed by atoms with Crippen LogP contribution in [0.1, 0.15) is 10.7 Å². The highest BCUT2D eigenvalue weighted by Crippen LogP contribution is 2.31. The predicted molar refractivity (Wildman–Crippen MR) is 74.0 cm³/mol. The van der Waals surface area contributed by atoms with Gasteiger partial charge in [-0.25, -0.2) is 4.98 Å². The van der Waals surface area contributed by atoms with Crippen LogP contribution in [0, 0.1) is 0 Å². The van der Waals surface area contributed by atoms with Gasteiger partial charge in [0, 0.05) is 11.8 Å². The lowest BCUT2D eigenvalue weighted by molar-refractivity contribution is -0.275. The second-order valence-electron chi connectivity index (χ2n) is 3.96. The molecule has 0 aliphatic rings. The van der Waals surface area contributed by atoms with Gasteiger partial charge >= 0.3 is 6.36 Å². The Labute approximate surface area is 128 Å². The van der Waals surface area contributed by atoms with Gasteiger partial charge < -0.3 is 9.47 Å². The molecule has 0 N–H and O–H groups in total. The average Bonchev–Trinajstić information content (AvgIpc) is 2.87. The zero-order valence-corrected chi connectivity index (χ0v) is 12.3. The Morgan fingerprint density at radius 3 is 2.52 bits per heavy atom. The molecule has 0 unspecified atom stereocenters. The molecular formula is C13H11ClF3NO2S. The summed E-state index contributed by atoms with van der Waals surface area (Å²) in [6, 6.07) is 5.65. The number of hydrogen-bond acceptors (Lipinski definition) is 4. The van der Waals surface area contributed by atoms with Crippen molar-refractivity contribution in [1.82, 2.24) is 4.98 Å². The highest BCUT2D eigenvalue weighted by Gasteiger charge is 2.32. The first-order valence-corrected chi connectivity index (χ1v) is 7.36. The lowest BCUT2D eigenvalue weighted by Gasteiger charge is -2.13.